The molecular formula is C66H30. The van der Waals surface area contributed by atoms with Crippen molar-refractivity contribution < 1.29 is 0 Å². The van der Waals surface area contributed by atoms with Crippen molar-refractivity contribution in [3.8, 4) is 33.4 Å². The van der Waals surface area contributed by atoms with Crippen LogP contribution in [0.2, 0.25) is 0 Å². The van der Waals surface area contributed by atoms with Gasteiger partial charge in [-0.15, -0.1) is 0 Å². The Morgan fingerprint density at radius 1 is 0.152 bits per heavy atom. The largest absolute Gasteiger partial charge is 0.0622 e. The zero-order valence-corrected chi connectivity index (χ0v) is 35.3. The zero-order valence-electron chi connectivity index (χ0n) is 35.3. The molecule has 0 fully saturated rings. The maximum Gasteiger partial charge on any atom is -0.0000242 e. The van der Waals surface area contributed by atoms with Gasteiger partial charge in [-0.25, -0.2) is 0 Å². The van der Waals surface area contributed by atoms with E-state index < -0.39 is 0 Å². The SMILES string of the molecule is c1ccc(-c2cc3ccc4c5ccc6cc(-c7ccccc7)c7ccc8c9ccc%10c(-c%11ccccc%11)cc%11ccc%12c%13ccc2c2c3c4c3c4c5c6c7c8c4c4c9c%10c%11c%12c4c3c%132)cc1. The maximum atomic E-state index is 2.49. The Bertz CT molecular complexity index is 5220. The summed E-state index contributed by atoms with van der Waals surface area (Å²) < 4.78 is 0. The number of rotatable bonds is 3. The molecule has 0 unspecified atom stereocenters. The molecule has 0 nitrogen and oxygen atoms in total. The number of fused-ring (bicyclic) bond motifs is 3. The summed E-state index contributed by atoms with van der Waals surface area (Å²) in [6.07, 6.45) is 0. The van der Waals surface area contributed by atoms with Gasteiger partial charge in [-0.3, -0.25) is 0 Å². The summed E-state index contributed by atoms with van der Waals surface area (Å²) in [6.45, 7) is 0. The van der Waals surface area contributed by atoms with Gasteiger partial charge in [0.25, 0.3) is 0 Å². The van der Waals surface area contributed by atoms with Crippen molar-refractivity contribution in [2.45, 2.75) is 0 Å². The highest BCUT2D eigenvalue weighted by atomic mass is 14.4. The van der Waals surface area contributed by atoms with Gasteiger partial charge < -0.3 is 0 Å². The van der Waals surface area contributed by atoms with Crippen molar-refractivity contribution in [1.29, 1.82) is 0 Å². The predicted molar refractivity (Wildman–Crippen MR) is 286 cm³/mol. The van der Waals surface area contributed by atoms with Gasteiger partial charge in [-0.2, -0.15) is 0 Å². The van der Waals surface area contributed by atoms with E-state index in [2.05, 4.69) is 182 Å². The second-order valence-electron chi connectivity index (χ2n) is 19.6. The Hall–Kier alpha value is -8.58. The van der Waals surface area contributed by atoms with Crippen LogP contribution in [0.15, 0.2) is 182 Å². The molecule has 0 atom stereocenters. The Balaban J connectivity index is 1.20. The molecule has 0 N–H and O–H groups in total. The third-order valence-corrected chi connectivity index (χ3v) is 17.0. The summed E-state index contributed by atoms with van der Waals surface area (Å²) in [4.78, 5) is 0. The van der Waals surface area contributed by atoms with Crippen molar-refractivity contribution in [3.63, 3.8) is 0 Å². The molecule has 19 aromatic rings. The van der Waals surface area contributed by atoms with Crippen LogP contribution in [0.3, 0.4) is 0 Å². The van der Waals surface area contributed by atoms with E-state index in [9.17, 15) is 0 Å². The van der Waals surface area contributed by atoms with Crippen LogP contribution in [0.25, 0.3) is 195 Å². The molecule has 0 heterocycles. The minimum atomic E-state index is 1.26. The summed E-state index contributed by atoms with van der Waals surface area (Å²) in [6, 6.07) is 70.3. The van der Waals surface area contributed by atoms with E-state index in [4.69, 9.17) is 0 Å². The van der Waals surface area contributed by atoms with Crippen molar-refractivity contribution in [2.75, 3.05) is 0 Å². The smallest absolute Gasteiger partial charge is 0.0000242 e. The Kier molecular flexibility index (Phi) is 5.04. The molecule has 0 aliphatic heterocycles. The second kappa shape index (κ2) is 10.3. The topological polar surface area (TPSA) is 0 Å². The summed E-state index contributed by atoms with van der Waals surface area (Å²) >= 11 is 0. The standard InChI is InChI=1S/C66H30/c1-4-10-31(11-5-1)46-28-34-16-19-37-38-20-17-35-29-47(32-12-6-2-7-13-32)44-26-23-41-42-24-27-45-48(33-14-8-3-9-15-33)30-36-18-21-39-40-22-25-43(46)52-49(34)55(37)61-62-56(38)50(35)53(44)59(41)65(62)66-60(42)54(45)51(36)57(39)63(66)64(61)58(40)52/h1-30H. The highest BCUT2D eigenvalue weighted by molar-refractivity contribution is 6.64. The third-order valence-electron chi connectivity index (χ3n) is 17.0. The Morgan fingerprint density at radius 3 is 0.636 bits per heavy atom. The van der Waals surface area contributed by atoms with Crippen molar-refractivity contribution in [3.05, 3.63) is 182 Å². The average Bonchev–Trinajstić information content (AvgIpc) is 3.38. The lowest BCUT2D eigenvalue weighted by Crippen LogP contribution is -2.02. The molecular weight excluding hydrogens is 793 g/mol. The zero-order chi connectivity index (χ0) is 42.0. The molecule has 0 saturated heterocycles. The molecule has 19 rings (SSSR count). The Labute approximate surface area is 375 Å². The van der Waals surface area contributed by atoms with Crippen LogP contribution in [0, 0.1) is 0 Å². The molecule has 0 saturated carbocycles. The van der Waals surface area contributed by atoms with Crippen LogP contribution >= 0.6 is 0 Å². The maximum absolute atomic E-state index is 2.49. The van der Waals surface area contributed by atoms with Crippen LogP contribution in [0.5, 0.6) is 0 Å². The molecule has 0 amide bonds. The van der Waals surface area contributed by atoms with Gasteiger partial charge in [0.15, 0.2) is 0 Å². The molecule has 294 valence electrons. The monoisotopic (exact) mass is 822 g/mol. The van der Waals surface area contributed by atoms with Gasteiger partial charge >= 0.3 is 0 Å². The van der Waals surface area contributed by atoms with Gasteiger partial charge in [0.2, 0.25) is 0 Å². The van der Waals surface area contributed by atoms with Crippen LogP contribution in [-0.4, -0.2) is 0 Å². The fraction of sp³-hybridized carbons (Fsp3) is 0. The number of benzene rings is 19. The number of hydrogen-bond acceptors (Lipinski definition) is 0. The quantitative estimate of drug-likeness (QED) is 0.123. The first-order valence-corrected chi connectivity index (χ1v) is 23.4. The average molecular weight is 823 g/mol. The van der Waals surface area contributed by atoms with Crippen LogP contribution in [0.4, 0.5) is 0 Å². The molecule has 19 aromatic carbocycles. The van der Waals surface area contributed by atoms with Gasteiger partial charge in [0.05, 0.1) is 0 Å². The lowest BCUT2D eigenvalue weighted by atomic mass is 9.70. The molecule has 0 heteroatoms. The summed E-state index contributed by atoms with van der Waals surface area (Å²) in [7, 11) is 0. The molecule has 0 spiro atoms. The Morgan fingerprint density at radius 2 is 0.364 bits per heavy atom. The molecule has 0 aliphatic carbocycles. The van der Waals surface area contributed by atoms with Gasteiger partial charge in [-0.05, 0) is 213 Å². The first kappa shape index (κ1) is 32.1. The summed E-state index contributed by atoms with van der Waals surface area (Å²) in [5.74, 6) is 0. The summed E-state index contributed by atoms with van der Waals surface area (Å²) in [5, 5.41) is 42.0. The van der Waals surface area contributed by atoms with Gasteiger partial charge in [-0.1, -0.05) is 164 Å². The van der Waals surface area contributed by atoms with E-state index in [0.717, 1.165) is 0 Å². The molecule has 0 aliphatic rings. The first-order valence-electron chi connectivity index (χ1n) is 23.4. The van der Waals surface area contributed by atoms with E-state index in [1.165, 1.54) is 195 Å². The van der Waals surface area contributed by atoms with Crippen molar-refractivity contribution >= 4 is 162 Å². The van der Waals surface area contributed by atoms with Crippen LogP contribution < -0.4 is 0 Å². The lowest BCUT2D eigenvalue weighted by molar-refractivity contribution is 1.67. The van der Waals surface area contributed by atoms with E-state index in [1.54, 1.807) is 0 Å². The lowest BCUT2D eigenvalue weighted by Gasteiger charge is -2.31. The second-order valence-corrected chi connectivity index (χ2v) is 19.6. The van der Waals surface area contributed by atoms with Gasteiger partial charge in [0, 0.05) is 0 Å². The first-order chi connectivity index (χ1) is 32.8. The fourth-order valence-corrected chi connectivity index (χ4v) is 14.7. The van der Waals surface area contributed by atoms with E-state index in [1.807, 2.05) is 0 Å². The van der Waals surface area contributed by atoms with Crippen LogP contribution in [-0.2, 0) is 0 Å². The van der Waals surface area contributed by atoms with Crippen LogP contribution in [0.1, 0.15) is 0 Å². The van der Waals surface area contributed by atoms with Gasteiger partial charge in [0.1, 0.15) is 0 Å². The van der Waals surface area contributed by atoms with E-state index >= 15 is 0 Å². The highest BCUT2D eigenvalue weighted by Crippen LogP contribution is 2.63. The van der Waals surface area contributed by atoms with E-state index in [0.29, 0.717) is 0 Å². The minimum Gasteiger partial charge on any atom is -0.0622 e. The number of hydrogen-bond donors (Lipinski definition) is 0. The molecule has 0 bridgehead atoms. The predicted octanol–water partition coefficient (Wildman–Crippen LogP) is 18.9. The molecule has 66 heavy (non-hydrogen) atoms. The molecule has 0 radical (unpaired) electrons. The van der Waals surface area contributed by atoms with E-state index in [-0.39, 0.29) is 0 Å². The third kappa shape index (κ3) is 3.23. The highest BCUT2D eigenvalue weighted by Gasteiger charge is 2.34. The van der Waals surface area contributed by atoms with Crippen molar-refractivity contribution in [2.24, 2.45) is 0 Å². The normalized spacial score (nSPS) is 13.5. The van der Waals surface area contributed by atoms with Crippen molar-refractivity contribution in [1.82, 2.24) is 0 Å². The summed E-state index contributed by atoms with van der Waals surface area (Å²) in [5.41, 5.74) is 7.71. The minimum absolute atomic E-state index is 1.26. The fourth-order valence-electron chi connectivity index (χ4n) is 14.7. The molecule has 0 aromatic heterocycles.